The second-order valence-electron chi connectivity index (χ2n) is 4.06. The van der Waals surface area contributed by atoms with Crippen molar-refractivity contribution in [2.45, 2.75) is 6.92 Å². The third-order valence-electron chi connectivity index (χ3n) is 2.46. The molecule has 3 N–H and O–H groups in total. The zero-order valence-electron chi connectivity index (χ0n) is 11.1. The maximum absolute atomic E-state index is 12.0. The molecule has 2 aromatic rings. The van der Waals surface area contributed by atoms with Gasteiger partial charge < -0.3 is 11.1 Å². The minimum atomic E-state index is -0.304. The first-order chi connectivity index (χ1) is 9.69. The van der Waals surface area contributed by atoms with E-state index >= 15 is 0 Å². The number of hydrogen-bond donors (Lipinski definition) is 2. The molecule has 5 heteroatoms. The van der Waals surface area contributed by atoms with Gasteiger partial charge in [0.25, 0.3) is 5.91 Å². The summed E-state index contributed by atoms with van der Waals surface area (Å²) in [4.78, 5) is 20.2. The molecule has 0 aromatic carbocycles. The van der Waals surface area contributed by atoms with Gasteiger partial charge in [-0.05, 0) is 31.2 Å². The minimum absolute atomic E-state index is 0.293. The summed E-state index contributed by atoms with van der Waals surface area (Å²) in [6.45, 7) is 2.15. The number of carbonyl (C=O) groups is 1. The van der Waals surface area contributed by atoms with E-state index in [-0.39, 0.29) is 5.91 Å². The van der Waals surface area contributed by atoms with Gasteiger partial charge in [-0.3, -0.25) is 4.79 Å². The van der Waals surface area contributed by atoms with Crippen LogP contribution >= 0.6 is 0 Å². The van der Waals surface area contributed by atoms with Crippen LogP contribution in [0, 0.1) is 18.8 Å². The van der Waals surface area contributed by atoms with Gasteiger partial charge in [0.15, 0.2) is 0 Å². The number of hydrogen-bond acceptors (Lipinski definition) is 4. The number of amides is 1. The summed E-state index contributed by atoms with van der Waals surface area (Å²) < 4.78 is 0. The number of nitrogens with zero attached hydrogens (tertiary/aromatic N) is 2. The monoisotopic (exact) mass is 266 g/mol. The summed E-state index contributed by atoms with van der Waals surface area (Å²) in [5.41, 5.74) is 7.16. The zero-order chi connectivity index (χ0) is 14.4. The third kappa shape index (κ3) is 3.64. The van der Waals surface area contributed by atoms with Crippen molar-refractivity contribution < 1.29 is 4.79 Å². The molecule has 0 unspecified atom stereocenters. The van der Waals surface area contributed by atoms with Crippen molar-refractivity contribution in [2.24, 2.45) is 5.73 Å². The highest BCUT2D eigenvalue weighted by Crippen LogP contribution is 2.06. The van der Waals surface area contributed by atoms with Gasteiger partial charge in [0.2, 0.25) is 0 Å². The number of nitrogens with two attached hydrogens (primary N) is 1. The highest BCUT2D eigenvalue weighted by Gasteiger charge is 2.07. The van der Waals surface area contributed by atoms with Crippen molar-refractivity contribution in [3.8, 4) is 11.8 Å². The molecule has 0 spiro atoms. The quantitative estimate of drug-likeness (QED) is 0.804. The van der Waals surface area contributed by atoms with E-state index in [1.54, 1.807) is 24.4 Å². The van der Waals surface area contributed by atoms with Gasteiger partial charge in [-0.2, -0.15) is 0 Å². The van der Waals surface area contributed by atoms with E-state index in [1.165, 1.54) is 0 Å². The van der Waals surface area contributed by atoms with Crippen molar-refractivity contribution in [2.75, 3.05) is 11.9 Å². The molecule has 5 nitrogen and oxygen atoms in total. The lowest BCUT2D eigenvalue weighted by Crippen LogP contribution is -2.14. The Kier molecular flexibility index (Phi) is 4.43. The minimum Gasteiger partial charge on any atom is -0.320 e. The van der Waals surface area contributed by atoms with E-state index in [0.29, 0.717) is 18.1 Å². The maximum atomic E-state index is 12.0. The number of anilines is 1. The summed E-state index contributed by atoms with van der Waals surface area (Å²) >= 11 is 0. The fourth-order valence-corrected chi connectivity index (χ4v) is 1.55. The molecule has 0 saturated heterocycles. The fraction of sp³-hybridized carbons (Fsp3) is 0.133. The molecule has 0 bridgehead atoms. The maximum Gasteiger partial charge on any atom is 0.275 e. The van der Waals surface area contributed by atoms with Crippen LogP contribution in [0.2, 0.25) is 0 Å². The topological polar surface area (TPSA) is 80.9 Å². The Bertz CT molecular complexity index is 668. The van der Waals surface area contributed by atoms with Crippen LogP contribution in [-0.4, -0.2) is 22.4 Å². The second kappa shape index (κ2) is 6.45. The third-order valence-corrected chi connectivity index (χ3v) is 2.46. The van der Waals surface area contributed by atoms with E-state index in [2.05, 4.69) is 27.1 Å². The first-order valence-corrected chi connectivity index (χ1v) is 6.09. The molecule has 2 aromatic heterocycles. The molecule has 0 saturated carbocycles. The van der Waals surface area contributed by atoms with Crippen LogP contribution in [0.3, 0.4) is 0 Å². The first kappa shape index (κ1) is 13.7. The summed E-state index contributed by atoms with van der Waals surface area (Å²) in [6, 6.07) is 8.77. The fourth-order valence-electron chi connectivity index (χ4n) is 1.55. The molecule has 0 atom stereocenters. The molecule has 0 fully saturated rings. The summed E-state index contributed by atoms with van der Waals surface area (Å²) in [5.74, 6) is 5.77. The van der Waals surface area contributed by atoms with Crippen LogP contribution in [0.1, 0.15) is 21.7 Å². The number of carbonyl (C=O) groups excluding carboxylic acids is 1. The van der Waals surface area contributed by atoms with Crippen molar-refractivity contribution in [1.82, 2.24) is 9.97 Å². The van der Waals surface area contributed by atoms with Crippen molar-refractivity contribution >= 4 is 11.7 Å². The molecule has 0 aliphatic heterocycles. The standard InChI is InChI=1S/C15H14N4O/c1-11-4-2-6-14(18-11)19-15(20)13-8-7-12(10-17-13)5-3-9-16/h2,4,6-8,10H,9,16H2,1H3,(H,18,19,20). The molecule has 1 amide bonds. The average molecular weight is 266 g/mol. The number of pyridine rings is 2. The molecule has 20 heavy (non-hydrogen) atoms. The molecule has 0 aliphatic rings. The van der Waals surface area contributed by atoms with Gasteiger partial charge in [-0.15, -0.1) is 0 Å². The van der Waals surface area contributed by atoms with Crippen LogP contribution in [0.15, 0.2) is 36.5 Å². The molecular formula is C15H14N4O. The van der Waals surface area contributed by atoms with E-state index in [1.807, 2.05) is 19.1 Å². The Hall–Kier alpha value is -2.71. The van der Waals surface area contributed by atoms with Gasteiger partial charge in [0.05, 0.1) is 6.54 Å². The largest absolute Gasteiger partial charge is 0.320 e. The molecule has 2 heterocycles. The van der Waals surface area contributed by atoms with Crippen LogP contribution in [0.4, 0.5) is 5.82 Å². The van der Waals surface area contributed by atoms with Crippen LogP contribution in [-0.2, 0) is 0 Å². The summed E-state index contributed by atoms with van der Waals surface area (Å²) in [7, 11) is 0. The molecule has 0 radical (unpaired) electrons. The lowest BCUT2D eigenvalue weighted by Gasteiger charge is -2.04. The number of nitrogens with one attached hydrogen (secondary N) is 1. The van der Waals surface area contributed by atoms with E-state index < -0.39 is 0 Å². The predicted molar refractivity (Wildman–Crippen MR) is 77.1 cm³/mol. The number of aromatic nitrogens is 2. The molecule has 100 valence electrons. The smallest absolute Gasteiger partial charge is 0.275 e. The lowest BCUT2D eigenvalue weighted by atomic mass is 10.2. The normalized spacial score (nSPS) is 9.50. The summed E-state index contributed by atoms with van der Waals surface area (Å²) in [5, 5.41) is 2.69. The van der Waals surface area contributed by atoms with Crippen molar-refractivity contribution in [3.05, 3.63) is 53.5 Å². The summed E-state index contributed by atoms with van der Waals surface area (Å²) in [6.07, 6.45) is 1.54. The van der Waals surface area contributed by atoms with Crippen LogP contribution in [0.5, 0.6) is 0 Å². The van der Waals surface area contributed by atoms with Gasteiger partial charge in [0.1, 0.15) is 11.5 Å². The Labute approximate surface area is 117 Å². The Morgan fingerprint density at radius 1 is 1.35 bits per heavy atom. The van der Waals surface area contributed by atoms with Crippen molar-refractivity contribution in [3.63, 3.8) is 0 Å². The lowest BCUT2D eigenvalue weighted by molar-refractivity contribution is 0.102. The molecule has 0 aliphatic carbocycles. The number of rotatable bonds is 2. The van der Waals surface area contributed by atoms with E-state index in [4.69, 9.17) is 5.73 Å². The zero-order valence-corrected chi connectivity index (χ0v) is 11.1. The first-order valence-electron chi connectivity index (χ1n) is 6.09. The van der Waals surface area contributed by atoms with Crippen molar-refractivity contribution in [1.29, 1.82) is 0 Å². The Morgan fingerprint density at radius 2 is 2.20 bits per heavy atom. The van der Waals surface area contributed by atoms with E-state index in [0.717, 1.165) is 11.3 Å². The SMILES string of the molecule is Cc1cccc(NC(=O)c2ccc(C#CCN)cn2)n1. The van der Waals surface area contributed by atoms with Gasteiger partial charge in [0, 0.05) is 17.5 Å². The second-order valence-corrected chi connectivity index (χ2v) is 4.06. The van der Waals surface area contributed by atoms with Crippen LogP contribution in [0.25, 0.3) is 0 Å². The van der Waals surface area contributed by atoms with Gasteiger partial charge in [-0.25, -0.2) is 9.97 Å². The Morgan fingerprint density at radius 3 is 2.85 bits per heavy atom. The predicted octanol–water partition coefficient (Wildman–Crippen LogP) is 1.35. The van der Waals surface area contributed by atoms with Gasteiger partial charge >= 0.3 is 0 Å². The Balaban J connectivity index is 2.09. The molecular weight excluding hydrogens is 252 g/mol. The molecule has 2 rings (SSSR count). The average Bonchev–Trinajstić information content (AvgIpc) is 2.45. The highest BCUT2D eigenvalue weighted by atomic mass is 16.1. The van der Waals surface area contributed by atoms with E-state index in [9.17, 15) is 4.79 Å². The van der Waals surface area contributed by atoms with Gasteiger partial charge in [-0.1, -0.05) is 17.9 Å². The van der Waals surface area contributed by atoms with Crippen LogP contribution < -0.4 is 11.1 Å². The highest BCUT2D eigenvalue weighted by molar-refractivity contribution is 6.02. The number of aryl methyl sites for hydroxylation is 1.